The van der Waals surface area contributed by atoms with Crippen molar-refractivity contribution < 1.29 is 9.53 Å². The number of fused-ring (bicyclic) bond motifs is 1. The molecule has 0 saturated carbocycles. The molecule has 0 aliphatic carbocycles. The molecule has 3 nitrogen and oxygen atoms in total. The lowest BCUT2D eigenvalue weighted by atomic mass is 9.91. The van der Waals surface area contributed by atoms with Crippen molar-refractivity contribution in [3.8, 4) is 17.2 Å². The van der Waals surface area contributed by atoms with Gasteiger partial charge in [-0.25, -0.2) is 4.79 Å². The van der Waals surface area contributed by atoms with E-state index in [-0.39, 0.29) is 0 Å². The molecule has 3 aromatic rings. The first-order chi connectivity index (χ1) is 10.8. The summed E-state index contributed by atoms with van der Waals surface area (Å²) in [5.41, 5.74) is 2.62. The van der Waals surface area contributed by atoms with Crippen molar-refractivity contribution in [3.05, 3.63) is 71.8 Å². The number of nitrogens with zero attached hydrogens (tertiary/aromatic N) is 1. The van der Waals surface area contributed by atoms with Crippen molar-refractivity contribution in [2.24, 2.45) is 0 Å². The monoisotopic (exact) mass is 287 g/mol. The second-order valence-corrected chi connectivity index (χ2v) is 4.86. The average Bonchev–Trinajstić information content (AvgIpc) is 2.60. The third-order valence-corrected chi connectivity index (χ3v) is 3.64. The first-order valence-corrected chi connectivity index (χ1v) is 6.86. The van der Waals surface area contributed by atoms with Gasteiger partial charge < -0.3 is 4.74 Å². The zero-order valence-corrected chi connectivity index (χ0v) is 12.0. The Morgan fingerprint density at radius 1 is 1.00 bits per heavy atom. The molecule has 3 rings (SSSR count). The fourth-order valence-corrected chi connectivity index (χ4v) is 2.64. The highest BCUT2D eigenvalue weighted by atomic mass is 16.5. The van der Waals surface area contributed by atoms with Gasteiger partial charge in [-0.1, -0.05) is 54.6 Å². The van der Waals surface area contributed by atoms with Gasteiger partial charge in [0.25, 0.3) is 0 Å². The van der Waals surface area contributed by atoms with Crippen molar-refractivity contribution in [2.45, 2.75) is 0 Å². The van der Waals surface area contributed by atoms with Crippen molar-refractivity contribution in [1.29, 1.82) is 5.26 Å². The number of methoxy groups -OCH3 is 1. The van der Waals surface area contributed by atoms with Crippen LogP contribution in [0.15, 0.2) is 60.7 Å². The van der Waals surface area contributed by atoms with Crippen molar-refractivity contribution in [3.63, 3.8) is 0 Å². The molecule has 0 fully saturated rings. The zero-order valence-electron chi connectivity index (χ0n) is 12.0. The van der Waals surface area contributed by atoms with Gasteiger partial charge in [0.1, 0.15) is 0 Å². The van der Waals surface area contributed by atoms with Gasteiger partial charge in [-0.05, 0) is 22.6 Å². The number of benzene rings is 3. The summed E-state index contributed by atoms with van der Waals surface area (Å²) in [4.78, 5) is 12.3. The Bertz CT molecular complexity index is 892. The maximum Gasteiger partial charge on any atom is 0.339 e. The van der Waals surface area contributed by atoms with E-state index in [1.807, 2.05) is 54.6 Å². The molecule has 0 atom stereocenters. The van der Waals surface area contributed by atoms with Crippen LogP contribution in [0.4, 0.5) is 0 Å². The highest BCUT2D eigenvalue weighted by Gasteiger charge is 2.19. The topological polar surface area (TPSA) is 50.1 Å². The number of esters is 1. The lowest BCUT2D eigenvalue weighted by Gasteiger charge is -2.13. The highest BCUT2D eigenvalue weighted by Crippen LogP contribution is 2.33. The quantitative estimate of drug-likeness (QED) is 0.665. The van der Waals surface area contributed by atoms with E-state index in [9.17, 15) is 10.1 Å². The van der Waals surface area contributed by atoms with E-state index in [4.69, 9.17) is 4.74 Å². The first kappa shape index (κ1) is 13.8. The lowest BCUT2D eigenvalue weighted by Crippen LogP contribution is -2.05. The Morgan fingerprint density at radius 3 is 2.27 bits per heavy atom. The summed E-state index contributed by atoms with van der Waals surface area (Å²) >= 11 is 0. The normalized spacial score (nSPS) is 10.2. The van der Waals surface area contributed by atoms with Crippen LogP contribution in [-0.2, 0) is 4.74 Å². The second kappa shape index (κ2) is 5.71. The van der Waals surface area contributed by atoms with E-state index in [0.29, 0.717) is 16.7 Å². The van der Waals surface area contributed by atoms with Gasteiger partial charge in [0.05, 0.1) is 24.3 Å². The maximum atomic E-state index is 12.3. The molecule has 22 heavy (non-hydrogen) atoms. The fraction of sp³-hybridized carbons (Fsp3) is 0.0526. The van der Waals surface area contributed by atoms with Crippen LogP contribution in [0.2, 0.25) is 0 Å². The minimum absolute atomic E-state index is 0.403. The van der Waals surface area contributed by atoms with Gasteiger partial charge in [0.15, 0.2) is 0 Å². The van der Waals surface area contributed by atoms with Crippen LogP contribution in [0.5, 0.6) is 0 Å². The molecule has 0 heterocycles. The molecule has 0 unspecified atom stereocenters. The Morgan fingerprint density at radius 2 is 1.64 bits per heavy atom. The largest absolute Gasteiger partial charge is 0.465 e. The summed E-state index contributed by atoms with van der Waals surface area (Å²) in [6.07, 6.45) is 0. The van der Waals surface area contributed by atoms with E-state index in [1.165, 1.54) is 7.11 Å². The third-order valence-electron chi connectivity index (χ3n) is 3.64. The van der Waals surface area contributed by atoms with Crippen LogP contribution >= 0.6 is 0 Å². The summed E-state index contributed by atoms with van der Waals surface area (Å²) in [6.45, 7) is 0. The molecule has 106 valence electrons. The fourth-order valence-electron chi connectivity index (χ4n) is 2.64. The number of carbonyl (C=O) groups is 1. The first-order valence-electron chi connectivity index (χ1n) is 6.86. The molecule has 0 aromatic heterocycles. The van der Waals surface area contributed by atoms with Crippen LogP contribution in [0.3, 0.4) is 0 Å². The Hall–Kier alpha value is -3.12. The molecule has 0 bridgehead atoms. The zero-order chi connectivity index (χ0) is 15.5. The van der Waals surface area contributed by atoms with Crippen LogP contribution in [-0.4, -0.2) is 13.1 Å². The Kier molecular flexibility index (Phi) is 3.59. The number of hydrogen-bond donors (Lipinski definition) is 0. The SMILES string of the molecule is COC(=O)c1c(-c2ccccc2)cc(C#N)c2ccccc12. The minimum atomic E-state index is -0.403. The van der Waals surface area contributed by atoms with Gasteiger partial charge in [-0.3, -0.25) is 0 Å². The predicted octanol–water partition coefficient (Wildman–Crippen LogP) is 4.17. The number of nitriles is 1. The van der Waals surface area contributed by atoms with Crippen LogP contribution in [0.25, 0.3) is 21.9 Å². The van der Waals surface area contributed by atoms with Crippen LogP contribution in [0.1, 0.15) is 15.9 Å². The van der Waals surface area contributed by atoms with E-state index in [0.717, 1.165) is 16.3 Å². The molecule has 0 spiro atoms. The van der Waals surface area contributed by atoms with Gasteiger partial charge in [-0.15, -0.1) is 0 Å². The van der Waals surface area contributed by atoms with E-state index in [1.54, 1.807) is 6.07 Å². The van der Waals surface area contributed by atoms with Crippen LogP contribution in [0, 0.1) is 11.3 Å². The highest BCUT2D eigenvalue weighted by molar-refractivity contribution is 6.11. The van der Waals surface area contributed by atoms with E-state index >= 15 is 0 Å². The predicted molar refractivity (Wildman–Crippen MR) is 85.4 cm³/mol. The molecule has 0 aliphatic rings. The average molecular weight is 287 g/mol. The molecular formula is C19H13NO2. The van der Waals surface area contributed by atoms with E-state index in [2.05, 4.69) is 6.07 Å². The summed E-state index contributed by atoms with van der Waals surface area (Å²) < 4.78 is 4.96. The maximum absolute atomic E-state index is 12.3. The second-order valence-electron chi connectivity index (χ2n) is 4.86. The number of carbonyl (C=O) groups excluding carboxylic acids is 1. The molecular weight excluding hydrogens is 274 g/mol. The lowest BCUT2D eigenvalue weighted by molar-refractivity contribution is 0.0604. The third kappa shape index (κ3) is 2.21. The van der Waals surface area contributed by atoms with Gasteiger partial charge in [0.2, 0.25) is 0 Å². The van der Waals surface area contributed by atoms with Crippen molar-refractivity contribution in [2.75, 3.05) is 7.11 Å². The molecule has 0 radical (unpaired) electrons. The molecule has 0 N–H and O–H groups in total. The van der Waals surface area contributed by atoms with Gasteiger partial charge in [0, 0.05) is 5.39 Å². The van der Waals surface area contributed by atoms with Crippen molar-refractivity contribution >= 4 is 16.7 Å². The number of rotatable bonds is 2. The number of ether oxygens (including phenoxy) is 1. The molecule has 0 saturated heterocycles. The van der Waals surface area contributed by atoms with Gasteiger partial charge >= 0.3 is 5.97 Å². The van der Waals surface area contributed by atoms with Crippen molar-refractivity contribution in [1.82, 2.24) is 0 Å². The Labute approximate surface area is 128 Å². The van der Waals surface area contributed by atoms with Crippen LogP contribution < -0.4 is 0 Å². The molecule has 3 aromatic carbocycles. The summed E-state index contributed by atoms with van der Waals surface area (Å²) in [5.74, 6) is -0.403. The summed E-state index contributed by atoms with van der Waals surface area (Å²) in [5, 5.41) is 10.9. The molecule has 0 aliphatic heterocycles. The summed E-state index contributed by atoms with van der Waals surface area (Å²) in [7, 11) is 1.37. The standard InChI is InChI=1S/C19H13NO2/c1-22-19(21)18-16-10-6-5-9-15(16)14(12-20)11-17(18)13-7-3-2-4-8-13/h2-11H,1H3. The van der Waals surface area contributed by atoms with Gasteiger partial charge in [-0.2, -0.15) is 5.26 Å². The summed E-state index contributed by atoms with van der Waals surface area (Å²) in [6, 6.07) is 20.9. The molecule has 0 amide bonds. The molecule has 3 heteroatoms. The minimum Gasteiger partial charge on any atom is -0.465 e. The smallest absolute Gasteiger partial charge is 0.339 e. The van der Waals surface area contributed by atoms with E-state index < -0.39 is 5.97 Å². The number of hydrogen-bond acceptors (Lipinski definition) is 3. The Balaban J connectivity index is 2.45.